The summed E-state index contributed by atoms with van der Waals surface area (Å²) in [4.78, 5) is 6.25. The molecule has 0 spiro atoms. The summed E-state index contributed by atoms with van der Waals surface area (Å²) in [5.41, 5.74) is 0. The van der Waals surface area contributed by atoms with Crippen LogP contribution >= 0.6 is 10.0 Å². The van der Waals surface area contributed by atoms with Gasteiger partial charge < -0.3 is 19.5 Å². The van der Waals surface area contributed by atoms with Crippen LogP contribution in [0.3, 0.4) is 0 Å². The van der Waals surface area contributed by atoms with Gasteiger partial charge in [-0.15, -0.1) is 0 Å². The van der Waals surface area contributed by atoms with Gasteiger partial charge in [-0.25, -0.2) is 0 Å². The summed E-state index contributed by atoms with van der Waals surface area (Å²) in [6.45, 7) is 7.10. The van der Waals surface area contributed by atoms with E-state index >= 15 is 0 Å². The van der Waals surface area contributed by atoms with Crippen molar-refractivity contribution in [2.45, 2.75) is 24.2 Å². The van der Waals surface area contributed by atoms with Crippen molar-refractivity contribution < 1.29 is 14.6 Å². The fraction of sp³-hybridized carbons (Fsp3) is 0.714. The molecule has 2 heterocycles. The fourth-order valence-corrected chi connectivity index (χ4v) is 7.69. The van der Waals surface area contributed by atoms with Crippen molar-refractivity contribution in [1.29, 1.82) is 0 Å². The Morgan fingerprint density at radius 2 is 1.85 bits per heavy atom. The summed E-state index contributed by atoms with van der Waals surface area (Å²) in [7, 11) is 1.19. The van der Waals surface area contributed by atoms with E-state index in [2.05, 4.69) is 41.1 Å². The van der Waals surface area contributed by atoms with Crippen LogP contribution in [0.25, 0.3) is 0 Å². The molecule has 1 N–H and O–H groups in total. The lowest BCUT2D eigenvalue weighted by Gasteiger charge is -2.45. The van der Waals surface area contributed by atoms with Crippen molar-refractivity contribution in [2.24, 2.45) is 0 Å². The largest absolute Gasteiger partial charge is 0.494 e. The predicted molar refractivity (Wildman–Crippen MR) is 113 cm³/mol. The topological polar surface area (TPSA) is 45.2 Å². The standard InChI is InChI=1S/C21H36N2O3S/c1-22(12-13-24)19-27(17-15-25-16-18-27)21-7-5-20(6-8-21)26-14-4-11-23-9-2-3-10-23/h5-8,24H,2-4,9-19H2,1H3. The number of nitrogens with zero attached hydrogens (tertiary/aromatic N) is 2. The highest BCUT2D eigenvalue weighted by molar-refractivity contribution is 8.33. The Bertz CT molecular complexity index is 543. The monoisotopic (exact) mass is 396 g/mol. The molecular weight excluding hydrogens is 360 g/mol. The average Bonchev–Trinajstić information content (AvgIpc) is 3.20. The van der Waals surface area contributed by atoms with Gasteiger partial charge in [-0.1, -0.05) is 0 Å². The van der Waals surface area contributed by atoms with Crippen LogP contribution in [0.5, 0.6) is 5.75 Å². The Balaban J connectivity index is 1.54. The molecule has 0 saturated carbocycles. The van der Waals surface area contributed by atoms with E-state index in [0.717, 1.165) is 62.5 Å². The van der Waals surface area contributed by atoms with Crippen molar-refractivity contribution >= 4 is 10.0 Å². The first-order valence-electron chi connectivity index (χ1n) is 10.3. The van der Waals surface area contributed by atoms with E-state index in [1.165, 1.54) is 30.8 Å². The number of likely N-dealkylation sites (tertiary alicyclic amines) is 1. The molecular formula is C21H36N2O3S. The number of rotatable bonds is 10. The van der Waals surface area contributed by atoms with Crippen molar-refractivity contribution in [3.8, 4) is 5.75 Å². The summed E-state index contributed by atoms with van der Waals surface area (Å²) < 4.78 is 11.6. The summed E-state index contributed by atoms with van der Waals surface area (Å²) in [6.07, 6.45) is 3.80. The van der Waals surface area contributed by atoms with Crippen LogP contribution in [-0.2, 0) is 4.74 Å². The highest BCUT2D eigenvalue weighted by Crippen LogP contribution is 2.57. The maximum Gasteiger partial charge on any atom is 0.119 e. The second kappa shape index (κ2) is 10.7. The SMILES string of the molecule is CN(CCO)CS1(c2ccc(OCCCN3CCCC3)cc2)CCOCC1. The van der Waals surface area contributed by atoms with E-state index in [4.69, 9.17) is 9.47 Å². The van der Waals surface area contributed by atoms with Gasteiger partial charge in [-0.3, -0.25) is 4.90 Å². The zero-order valence-corrected chi connectivity index (χ0v) is 17.6. The molecule has 0 amide bonds. The van der Waals surface area contributed by atoms with Gasteiger partial charge in [0.25, 0.3) is 0 Å². The molecule has 0 unspecified atom stereocenters. The molecule has 1 aromatic carbocycles. The van der Waals surface area contributed by atoms with Gasteiger partial charge in [-0.05, 0) is 68.6 Å². The molecule has 0 atom stereocenters. The van der Waals surface area contributed by atoms with E-state index in [1.54, 1.807) is 0 Å². The molecule has 2 fully saturated rings. The van der Waals surface area contributed by atoms with Crippen molar-refractivity contribution in [3.05, 3.63) is 24.3 Å². The molecule has 6 heteroatoms. The van der Waals surface area contributed by atoms with E-state index in [1.807, 2.05) is 0 Å². The molecule has 2 aliphatic rings. The normalized spacial score (nSPS) is 21.4. The maximum atomic E-state index is 9.25. The molecule has 5 nitrogen and oxygen atoms in total. The van der Waals surface area contributed by atoms with Crippen LogP contribution in [0.15, 0.2) is 29.2 Å². The zero-order valence-electron chi connectivity index (χ0n) is 16.8. The third-order valence-corrected chi connectivity index (χ3v) is 9.70. The van der Waals surface area contributed by atoms with Gasteiger partial charge in [0.05, 0.1) is 26.4 Å². The Kier molecular flexibility index (Phi) is 8.27. The van der Waals surface area contributed by atoms with Crippen LogP contribution in [-0.4, -0.2) is 91.9 Å². The maximum absolute atomic E-state index is 9.25. The summed E-state index contributed by atoms with van der Waals surface area (Å²) in [5.74, 6) is 4.23. The summed E-state index contributed by atoms with van der Waals surface area (Å²) >= 11 is 0. The van der Waals surface area contributed by atoms with Crippen molar-refractivity contribution in [3.63, 3.8) is 0 Å². The lowest BCUT2D eigenvalue weighted by atomic mass is 10.3. The van der Waals surface area contributed by atoms with Crippen LogP contribution in [0.2, 0.25) is 0 Å². The molecule has 0 aromatic heterocycles. The van der Waals surface area contributed by atoms with E-state index < -0.39 is 10.0 Å². The quantitative estimate of drug-likeness (QED) is 0.616. The number of hydrogen-bond donors (Lipinski definition) is 1. The minimum absolute atomic E-state index is 0.215. The highest BCUT2D eigenvalue weighted by Gasteiger charge is 2.30. The first kappa shape index (κ1) is 20.9. The third kappa shape index (κ3) is 6.09. The average molecular weight is 397 g/mol. The van der Waals surface area contributed by atoms with Gasteiger partial charge in [0.15, 0.2) is 0 Å². The Morgan fingerprint density at radius 1 is 1.15 bits per heavy atom. The second-order valence-electron chi connectivity index (χ2n) is 7.72. The van der Waals surface area contributed by atoms with Crippen molar-refractivity contribution in [2.75, 3.05) is 77.0 Å². The van der Waals surface area contributed by atoms with Gasteiger partial charge in [0.2, 0.25) is 0 Å². The number of likely N-dealkylation sites (N-methyl/N-ethyl adjacent to an activating group) is 1. The number of aliphatic hydroxyl groups excluding tert-OH is 1. The lowest BCUT2D eigenvalue weighted by molar-refractivity contribution is 0.158. The molecule has 3 rings (SSSR count). The van der Waals surface area contributed by atoms with Crippen LogP contribution in [0, 0.1) is 0 Å². The number of ether oxygens (including phenoxy) is 2. The van der Waals surface area contributed by atoms with Crippen LogP contribution < -0.4 is 4.74 Å². The summed E-state index contributed by atoms with van der Waals surface area (Å²) in [6, 6.07) is 8.81. The Hall–Kier alpha value is -0.790. The number of benzene rings is 1. The van der Waals surface area contributed by atoms with E-state index in [0.29, 0.717) is 0 Å². The molecule has 0 bridgehead atoms. The molecule has 2 aliphatic heterocycles. The second-order valence-corrected chi connectivity index (χ2v) is 11.4. The van der Waals surface area contributed by atoms with Gasteiger partial charge in [0.1, 0.15) is 5.75 Å². The lowest BCUT2D eigenvalue weighted by Crippen LogP contribution is -2.34. The van der Waals surface area contributed by atoms with Crippen LogP contribution in [0.1, 0.15) is 19.3 Å². The number of hydrogen-bond acceptors (Lipinski definition) is 5. The van der Waals surface area contributed by atoms with Gasteiger partial charge >= 0.3 is 0 Å². The summed E-state index contributed by atoms with van der Waals surface area (Å²) in [5, 5.41) is 9.25. The fourth-order valence-electron chi connectivity index (χ4n) is 4.05. The van der Waals surface area contributed by atoms with E-state index in [9.17, 15) is 5.11 Å². The molecule has 1 aromatic rings. The first-order chi connectivity index (χ1) is 13.2. The molecule has 0 radical (unpaired) electrons. The van der Waals surface area contributed by atoms with E-state index in [-0.39, 0.29) is 6.61 Å². The molecule has 2 saturated heterocycles. The van der Waals surface area contributed by atoms with Gasteiger partial charge in [0, 0.05) is 30.5 Å². The zero-order chi connectivity index (χ0) is 19.0. The van der Waals surface area contributed by atoms with Crippen molar-refractivity contribution in [1.82, 2.24) is 9.80 Å². The Labute approximate surface area is 165 Å². The molecule has 27 heavy (non-hydrogen) atoms. The first-order valence-corrected chi connectivity index (χ1v) is 12.4. The predicted octanol–water partition coefficient (Wildman–Crippen LogP) is 2.63. The Morgan fingerprint density at radius 3 is 2.52 bits per heavy atom. The van der Waals surface area contributed by atoms with Crippen LogP contribution in [0.4, 0.5) is 0 Å². The minimum Gasteiger partial charge on any atom is -0.494 e. The molecule has 154 valence electrons. The highest BCUT2D eigenvalue weighted by atomic mass is 32.3. The molecule has 0 aliphatic carbocycles. The number of aliphatic hydroxyl groups is 1. The van der Waals surface area contributed by atoms with Gasteiger partial charge in [-0.2, -0.15) is 10.0 Å². The minimum atomic E-state index is -0.923. The third-order valence-electron chi connectivity index (χ3n) is 5.60. The smallest absolute Gasteiger partial charge is 0.119 e.